The number of nitrogens with zero attached hydrogens (tertiary/aromatic N) is 1. The van der Waals surface area contributed by atoms with Crippen molar-refractivity contribution >= 4 is 0 Å². The molecule has 0 saturated heterocycles. The summed E-state index contributed by atoms with van der Waals surface area (Å²) in [7, 11) is 2.15. The molecular formula is C10H24N2. The zero-order valence-corrected chi connectivity index (χ0v) is 9.28. The third-order valence-corrected chi connectivity index (χ3v) is 2.52. The molecule has 0 unspecified atom stereocenters. The average Bonchev–Trinajstić information content (AvgIpc) is 2.04. The van der Waals surface area contributed by atoms with E-state index in [1.54, 1.807) is 0 Å². The summed E-state index contributed by atoms with van der Waals surface area (Å²) in [6, 6.07) is 0. The molecule has 0 heterocycles. The van der Waals surface area contributed by atoms with E-state index in [4.69, 9.17) is 0 Å². The van der Waals surface area contributed by atoms with Crippen LogP contribution >= 0.6 is 0 Å². The first-order valence-electron chi connectivity index (χ1n) is 4.95. The summed E-state index contributed by atoms with van der Waals surface area (Å²) in [5, 5.41) is 3.53. The van der Waals surface area contributed by atoms with E-state index in [0.29, 0.717) is 5.54 Å². The summed E-state index contributed by atoms with van der Waals surface area (Å²) in [4.78, 5) is 2.32. The highest BCUT2D eigenvalue weighted by molar-refractivity contribution is 4.75. The van der Waals surface area contributed by atoms with Crippen LogP contribution in [0.4, 0.5) is 0 Å². The van der Waals surface area contributed by atoms with Gasteiger partial charge in [0.05, 0.1) is 0 Å². The maximum absolute atomic E-state index is 3.53. The molecular weight excluding hydrogens is 148 g/mol. The quantitative estimate of drug-likeness (QED) is 0.656. The van der Waals surface area contributed by atoms with Crippen LogP contribution in [0, 0.1) is 0 Å². The zero-order chi connectivity index (χ0) is 9.61. The molecule has 0 spiro atoms. The Morgan fingerprint density at radius 2 is 1.83 bits per heavy atom. The summed E-state index contributed by atoms with van der Waals surface area (Å²) in [5.41, 5.74) is 0.300. The highest BCUT2D eigenvalue weighted by atomic mass is 15.1. The lowest BCUT2D eigenvalue weighted by molar-refractivity contribution is 0.308. The van der Waals surface area contributed by atoms with Crippen LogP contribution in [-0.2, 0) is 0 Å². The molecule has 0 saturated carbocycles. The van der Waals surface area contributed by atoms with Gasteiger partial charge in [0.15, 0.2) is 0 Å². The standard InChI is InChI=1S/C10H24N2/c1-6-10(3,4)11-8-9-12(5)7-2/h11H,6-9H2,1-5H3. The van der Waals surface area contributed by atoms with Crippen LogP contribution in [0.3, 0.4) is 0 Å². The van der Waals surface area contributed by atoms with Crippen LogP contribution in [-0.4, -0.2) is 37.1 Å². The maximum atomic E-state index is 3.53. The molecule has 0 aromatic heterocycles. The van der Waals surface area contributed by atoms with Crippen LogP contribution in [0.1, 0.15) is 34.1 Å². The third kappa shape index (κ3) is 5.56. The molecule has 0 aliphatic rings. The minimum atomic E-state index is 0.300. The van der Waals surface area contributed by atoms with Gasteiger partial charge in [-0.1, -0.05) is 13.8 Å². The van der Waals surface area contributed by atoms with E-state index in [2.05, 4.69) is 45.0 Å². The van der Waals surface area contributed by atoms with Gasteiger partial charge in [-0.05, 0) is 33.9 Å². The van der Waals surface area contributed by atoms with Crippen LogP contribution in [0.15, 0.2) is 0 Å². The molecule has 0 bridgehead atoms. The second-order valence-electron chi connectivity index (χ2n) is 4.06. The van der Waals surface area contributed by atoms with Gasteiger partial charge in [-0.25, -0.2) is 0 Å². The Hall–Kier alpha value is -0.0800. The van der Waals surface area contributed by atoms with Gasteiger partial charge in [0.2, 0.25) is 0 Å². The largest absolute Gasteiger partial charge is 0.311 e. The van der Waals surface area contributed by atoms with Crippen molar-refractivity contribution in [3.8, 4) is 0 Å². The topological polar surface area (TPSA) is 15.3 Å². The first-order chi connectivity index (χ1) is 5.52. The predicted molar refractivity (Wildman–Crippen MR) is 55.5 cm³/mol. The number of hydrogen-bond donors (Lipinski definition) is 1. The highest BCUT2D eigenvalue weighted by Gasteiger charge is 2.12. The molecule has 0 rings (SSSR count). The average molecular weight is 172 g/mol. The second kappa shape index (κ2) is 5.55. The molecule has 0 fully saturated rings. The molecule has 74 valence electrons. The summed E-state index contributed by atoms with van der Waals surface area (Å²) >= 11 is 0. The van der Waals surface area contributed by atoms with E-state index in [1.807, 2.05) is 0 Å². The van der Waals surface area contributed by atoms with Crippen molar-refractivity contribution < 1.29 is 0 Å². The molecule has 0 aromatic rings. The minimum absolute atomic E-state index is 0.300. The van der Waals surface area contributed by atoms with E-state index in [-0.39, 0.29) is 0 Å². The highest BCUT2D eigenvalue weighted by Crippen LogP contribution is 2.05. The van der Waals surface area contributed by atoms with Crippen molar-refractivity contribution in [1.82, 2.24) is 10.2 Å². The molecule has 12 heavy (non-hydrogen) atoms. The van der Waals surface area contributed by atoms with Crippen molar-refractivity contribution in [3.05, 3.63) is 0 Å². The second-order valence-corrected chi connectivity index (χ2v) is 4.06. The molecule has 0 aliphatic carbocycles. The van der Waals surface area contributed by atoms with Crippen LogP contribution < -0.4 is 5.32 Å². The molecule has 1 N–H and O–H groups in total. The molecule has 0 amide bonds. The molecule has 2 nitrogen and oxygen atoms in total. The van der Waals surface area contributed by atoms with Crippen molar-refractivity contribution in [2.24, 2.45) is 0 Å². The third-order valence-electron chi connectivity index (χ3n) is 2.52. The molecule has 0 atom stereocenters. The first-order valence-corrected chi connectivity index (χ1v) is 4.95. The van der Waals surface area contributed by atoms with Gasteiger partial charge in [0.1, 0.15) is 0 Å². The summed E-state index contributed by atoms with van der Waals surface area (Å²) in [6.07, 6.45) is 1.18. The molecule has 0 aliphatic heterocycles. The number of likely N-dealkylation sites (N-methyl/N-ethyl adjacent to an activating group) is 1. The van der Waals surface area contributed by atoms with E-state index in [1.165, 1.54) is 6.42 Å². The Balaban J connectivity index is 3.42. The summed E-state index contributed by atoms with van der Waals surface area (Å²) < 4.78 is 0. The lowest BCUT2D eigenvalue weighted by atomic mass is 10.0. The Morgan fingerprint density at radius 3 is 2.25 bits per heavy atom. The Bertz CT molecular complexity index is 110. The lowest BCUT2D eigenvalue weighted by Gasteiger charge is -2.26. The van der Waals surface area contributed by atoms with Gasteiger partial charge < -0.3 is 10.2 Å². The molecule has 0 aromatic carbocycles. The van der Waals surface area contributed by atoms with E-state index in [9.17, 15) is 0 Å². The zero-order valence-electron chi connectivity index (χ0n) is 9.28. The summed E-state index contributed by atoms with van der Waals surface area (Å²) in [5.74, 6) is 0. The van der Waals surface area contributed by atoms with E-state index >= 15 is 0 Å². The van der Waals surface area contributed by atoms with Gasteiger partial charge >= 0.3 is 0 Å². The molecule has 0 radical (unpaired) electrons. The van der Waals surface area contributed by atoms with Crippen molar-refractivity contribution in [1.29, 1.82) is 0 Å². The minimum Gasteiger partial charge on any atom is -0.311 e. The maximum Gasteiger partial charge on any atom is 0.0123 e. The Labute approximate surface area is 77.3 Å². The van der Waals surface area contributed by atoms with Gasteiger partial charge in [-0.3, -0.25) is 0 Å². The van der Waals surface area contributed by atoms with E-state index < -0.39 is 0 Å². The Morgan fingerprint density at radius 1 is 1.25 bits per heavy atom. The van der Waals surface area contributed by atoms with Crippen molar-refractivity contribution in [3.63, 3.8) is 0 Å². The predicted octanol–water partition coefficient (Wildman–Crippen LogP) is 1.72. The van der Waals surface area contributed by atoms with Gasteiger partial charge in [-0.15, -0.1) is 0 Å². The lowest BCUT2D eigenvalue weighted by Crippen LogP contribution is -2.42. The molecule has 2 heteroatoms. The van der Waals surface area contributed by atoms with Gasteiger partial charge in [0, 0.05) is 18.6 Å². The Kier molecular flexibility index (Phi) is 5.51. The first kappa shape index (κ1) is 11.9. The van der Waals surface area contributed by atoms with Gasteiger partial charge in [-0.2, -0.15) is 0 Å². The van der Waals surface area contributed by atoms with E-state index in [0.717, 1.165) is 19.6 Å². The van der Waals surface area contributed by atoms with Crippen molar-refractivity contribution in [2.45, 2.75) is 39.7 Å². The van der Waals surface area contributed by atoms with Crippen LogP contribution in [0.2, 0.25) is 0 Å². The number of hydrogen-bond acceptors (Lipinski definition) is 2. The monoisotopic (exact) mass is 172 g/mol. The number of rotatable bonds is 6. The fourth-order valence-corrected chi connectivity index (χ4v) is 0.868. The van der Waals surface area contributed by atoms with Crippen molar-refractivity contribution in [2.75, 3.05) is 26.7 Å². The smallest absolute Gasteiger partial charge is 0.0123 e. The fraction of sp³-hybridized carbons (Fsp3) is 1.00. The number of nitrogens with one attached hydrogen (secondary N) is 1. The fourth-order valence-electron chi connectivity index (χ4n) is 0.868. The normalized spacial score (nSPS) is 12.5. The van der Waals surface area contributed by atoms with Crippen LogP contribution in [0.25, 0.3) is 0 Å². The SMILES string of the molecule is CCN(C)CCNC(C)(C)CC. The summed E-state index contributed by atoms with van der Waals surface area (Å²) in [6.45, 7) is 12.3. The van der Waals surface area contributed by atoms with Crippen LogP contribution in [0.5, 0.6) is 0 Å². The van der Waals surface area contributed by atoms with Gasteiger partial charge in [0.25, 0.3) is 0 Å².